The van der Waals surface area contributed by atoms with Crippen molar-refractivity contribution in [1.82, 2.24) is 4.90 Å². The highest BCUT2D eigenvalue weighted by molar-refractivity contribution is 9.10. The minimum absolute atomic E-state index is 0.0274. The lowest BCUT2D eigenvalue weighted by Gasteiger charge is -2.25. The smallest absolute Gasteiger partial charge is 0.258 e. The Morgan fingerprint density at radius 2 is 1.92 bits per heavy atom. The van der Waals surface area contributed by atoms with E-state index in [4.69, 9.17) is 9.47 Å². The van der Waals surface area contributed by atoms with E-state index in [0.29, 0.717) is 36.8 Å². The van der Waals surface area contributed by atoms with Crippen molar-refractivity contribution in [3.63, 3.8) is 0 Å². The van der Waals surface area contributed by atoms with Crippen molar-refractivity contribution >= 4 is 27.5 Å². The van der Waals surface area contributed by atoms with E-state index in [1.807, 2.05) is 29.2 Å². The Balaban J connectivity index is 1.73. The van der Waals surface area contributed by atoms with Gasteiger partial charge >= 0.3 is 0 Å². The van der Waals surface area contributed by atoms with Crippen molar-refractivity contribution < 1.29 is 14.3 Å². The van der Waals surface area contributed by atoms with Crippen LogP contribution in [0.3, 0.4) is 0 Å². The van der Waals surface area contributed by atoms with Crippen LogP contribution in [0.5, 0.6) is 11.5 Å². The highest BCUT2D eigenvalue weighted by Gasteiger charge is 2.26. The van der Waals surface area contributed by atoms with Gasteiger partial charge in [0.05, 0.1) is 4.47 Å². The van der Waals surface area contributed by atoms with E-state index in [1.165, 1.54) is 0 Å². The second-order valence-electron chi connectivity index (χ2n) is 6.31. The number of likely N-dealkylation sites (N-methyl/N-ethyl adjacent to an activating group) is 1. The number of halogens is 1. The van der Waals surface area contributed by atoms with Crippen LogP contribution in [0.15, 0.2) is 40.9 Å². The van der Waals surface area contributed by atoms with Crippen molar-refractivity contribution in [2.24, 2.45) is 0 Å². The third-order valence-electron chi connectivity index (χ3n) is 4.52. The normalized spacial score (nSPS) is 17.0. The molecular formula is C19H19BrN2O3. The summed E-state index contributed by atoms with van der Waals surface area (Å²) in [6, 6.07) is 11.7. The zero-order valence-corrected chi connectivity index (χ0v) is 15.6. The first-order chi connectivity index (χ1) is 12.1. The van der Waals surface area contributed by atoms with Crippen molar-refractivity contribution in [1.29, 1.82) is 0 Å². The maximum Gasteiger partial charge on any atom is 0.258 e. The number of ether oxygens (including phenoxy) is 2. The van der Waals surface area contributed by atoms with E-state index >= 15 is 0 Å². The highest BCUT2D eigenvalue weighted by Crippen LogP contribution is 2.39. The molecule has 5 nitrogen and oxygen atoms in total. The molecule has 0 spiro atoms. The number of amides is 1. The first-order valence-electron chi connectivity index (χ1n) is 8.31. The Morgan fingerprint density at radius 1 is 1.12 bits per heavy atom. The molecule has 2 aromatic rings. The molecule has 25 heavy (non-hydrogen) atoms. The van der Waals surface area contributed by atoms with Crippen LogP contribution in [-0.4, -0.2) is 44.2 Å². The monoisotopic (exact) mass is 402 g/mol. The third-order valence-corrected chi connectivity index (χ3v) is 5.11. The van der Waals surface area contributed by atoms with Gasteiger partial charge < -0.3 is 19.3 Å². The second kappa shape index (κ2) is 6.69. The molecule has 0 fully saturated rings. The summed E-state index contributed by atoms with van der Waals surface area (Å²) >= 11 is 3.50. The Hall–Kier alpha value is -2.05. The average molecular weight is 403 g/mol. The van der Waals surface area contributed by atoms with Gasteiger partial charge in [-0.15, -0.1) is 0 Å². The molecule has 1 amide bonds. The number of para-hydroxylation sites is 1. The predicted molar refractivity (Wildman–Crippen MR) is 99.6 cm³/mol. The van der Waals surface area contributed by atoms with Crippen molar-refractivity contribution in [2.75, 3.05) is 38.3 Å². The van der Waals surface area contributed by atoms with Crippen LogP contribution in [0, 0.1) is 0 Å². The highest BCUT2D eigenvalue weighted by atomic mass is 79.9. The molecule has 0 unspecified atom stereocenters. The minimum Gasteiger partial charge on any atom is -0.486 e. The standard InChI is InChI=1S/C19H19BrN2O3/c1-21-6-7-22(16-5-3-2-4-13(16)12-21)19(23)14-10-15(20)18-17(11-14)24-8-9-25-18/h2-5,10-11H,6-9,12H2,1H3. The summed E-state index contributed by atoms with van der Waals surface area (Å²) in [4.78, 5) is 17.3. The van der Waals surface area contributed by atoms with Crippen molar-refractivity contribution in [3.8, 4) is 11.5 Å². The van der Waals surface area contributed by atoms with E-state index < -0.39 is 0 Å². The van der Waals surface area contributed by atoms with Gasteiger partial charge in [-0.2, -0.15) is 0 Å². The Bertz CT molecular complexity index is 824. The lowest BCUT2D eigenvalue weighted by Crippen LogP contribution is -2.35. The Kier molecular flexibility index (Phi) is 4.39. The summed E-state index contributed by atoms with van der Waals surface area (Å²) in [5.41, 5.74) is 2.73. The van der Waals surface area contributed by atoms with E-state index in [-0.39, 0.29) is 5.91 Å². The summed E-state index contributed by atoms with van der Waals surface area (Å²) in [7, 11) is 2.07. The van der Waals surface area contributed by atoms with Crippen LogP contribution in [0.4, 0.5) is 5.69 Å². The van der Waals surface area contributed by atoms with Gasteiger partial charge in [0.25, 0.3) is 5.91 Å². The lowest BCUT2D eigenvalue weighted by molar-refractivity contribution is 0.0984. The number of hydrogen-bond acceptors (Lipinski definition) is 4. The van der Waals surface area contributed by atoms with Crippen molar-refractivity contribution in [3.05, 3.63) is 52.0 Å². The van der Waals surface area contributed by atoms with Gasteiger partial charge in [0.2, 0.25) is 0 Å². The molecule has 2 aliphatic rings. The van der Waals surface area contributed by atoms with Crippen molar-refractivity contribution in [2.45, 2.75) is 6.54 Å². The maximum absolute atomic E-state index is 13.3. The summed E-state index contributed by atoms with van der Waals surface area (Å²) in [5.74, 6) is 1.25. The Labute approximate surface area is 155 Å². The first kappa shape index (κ1) is 16.4. The molecule has 0 atom stereocenters. The molecular weight excluding hydrogens is 384 g/mol. The largest absolute Gasteiger partial charge is 0.486 e. The van der Waals surface area contributed by atoms with Gasteiger partial charge in [0.15, 0.2) is 11.5 Å². The van der Waals surface area contributed by atoms with Crippen LogP contribution in [0.25, 0.3) is 0 Å². The van der Waals surface area contributed by atoms with E-state index in [1.54, 1.807) is 6.07 Å². The number of carbonyl (C=O) groups is 1. The second-order valence-corrected chi connectivity index (χ2v) is 7.16. The van der Waals surface area contributed by atoms with Gasteiger partial charge in [-0.3, -0.25) is 4.79 Å². The molecule has 0 N–H and O–H groups in total. The van der Waals surface area contributed by atoms with Gasteiger partial charge in [-0.05, 0) is 46.7 Å². The Morgan fingerprint density at radius 3 is 2.80 bits per heavy atom. The summed E-state index contributed by atoms with van der Waals surface area (Å²) in [6.07, 6.45) is 0. The van der Waals surface area contributed by atoms with Gasteiger partial charge in [-0.25, -0.2) is 0 Å². The fourth-order valence-electron chi connectivity index (χ4n) is 3.27. The zero-order chi connectivity index (χ0) is 17.4. The fraction of sp³-hybridized carbons (Fsp3) is 0.316. The summed E-state index contributed by atoms with van der Waals surface area (Å²) in [6.45, 7) is 3.33. The number of rotatable bonds is 1. The molecule has 0 aliphatic carbocycles. The molecule has 0 radical (unpaired) electrons. The maximum atomic E-state index is 13.3. The predicted octanol–water partition coefficient (Wildman–Crippen LogP) is 3.31. The number of carbonyl (C=O) groups excluding carboxylic acids is 1. The van der Waals surface area contributed by atoms with Gasteiger partial charge in [-0.1, -0.05) is 18.2 Å². The van der Waals surface area contributed by atoms with E-state index in [9.17, 15) is 4.79 Å². The fourth-order valence-corrected chi connectivity index (χ4v) is 3.83. The van der Waals surface area contributed by atoms with Crippen LogP contribution < -0.4 is 14.4 Å². The summed E-state index contributed by atoms with van der Waals surface area (Å²) in [5, 5.41) is 0. The summed E-state index contributed by atoms with van der Waals surface area (Å²) < 4.78 is 12.0. The molecule has 0 aromatic heterocycles. The minimum atomic E-state index is -0.0274. The molecule has 0 saturated carbocycles. The zero-order valence-electron chi connectivity index (χ0n) is 14.0. The third kappa shape index (κ3) is 3.12. The van der Waals surface area contributed by atoms with Gasteiger partial charge in [0, 0.05) is 30.9 Å². The molecule has 0 saturated heterocycles. The van der Waals surface area contributed by atoms with E-state index in [0.717, 1.165) is 28.8 Å². The van der Waals surface area contributed by atoms with E-state index in [2.05, 4.69) is 33.9 Å². The number of benzene rings is 2. The van der Waals surface area contributed by atoms with Crippen LogP contribution in [0.2, 0.25) is 0 Å². The number of hydrogen-bond donors (Lipinski definition) is 0. The molecule has 0 bridgehead atoms. The first-order valence-corrected chi connectivity index (χ1v) is 9.10. The van der Waals surface area contributed by atoms with Crippen LogP contribution in [-0.2, 0) is 6.54 Å². The van der Waals surface area contributed by atoms with Crippen LogP contribution in [0.1, 0.15) is 15.9 Å². The lowest BCUT2D eigenvalue weighted by atomic mass is 10.1. The van der Waals surface area contributed by atoms with Crippen LogP contribution >= 0.6 is 15.9 Å². The molecule has 130 valence electrons. The molecule has 6 heteroatoms. The molecule has 4 rings (SSSR count). The SMILES string of the molecule is CN1CCN(C(=O)c2cc(Br)c3c(c2)OCCO3)c2ccccc2C1. The average Bonchev–Trinajstić information content (AvgIpc) is 2.79. The molecule has 2 heterocycles. The molecule has 2 aromatic carbocycles. The number of fused-ring (bicyclic) bond motifs is 2. The quantitative estimate of drug-likeness (QED) is 0.733. The number of nitrogens with zero attached hydrogens (tertiary/aromatic N) is 2. The number of anilines is 1. The van der Waals surface area contributed by atoms with Gasteiger partial charge in [0.1, 0.15) is 13.2 Å². The topological polar surface area (TPSA) is 42.0 Å². The molecule has 2 aliphatic heterocycles.